The van der Waals surface area contributed by atoms with Crippen LogP contribution in [0.5, 0.6) is 11.5 Å². The Morgan fingerprint density at radius 3 is 2.36 bits per heavy atom. The molecular weight excluding hydrogens is 316 g/mol. The highest BCUT2D eigenvalue weighted by Crippen LogP contribution is 2.48. The molecule has 1 heterocycles. The van der Waals surface area contributed by atoms with E-state index in [1.165, 1.54) is 0 Å². The van der Waals surface area contributed by atoms with Gasteiger partial charge in [0.05, 0.1) is 5.56 Å². The van der Waals surface area contributed by atoms with Crippen LogP contribution in [0.2, 0.25) is 0 Å². The fraction of sp³-hybridized carbons (Fsp3) is 0.0500. The average Bonchev–Trinajstić information content (AvgIpc) is 2.60. The summed E-state index contributed by atoms with van der Waals surface area (Å²) in [6.45, 7) is 0. The minimum absolute atomic E-state index is 0.255. The maximum absolute atomic E-state index is 11.7. The summed E-state index contributed by atoms with van der Waals surface area (Å²) in [7, 11) is 0. The lowest BCUT2D eigenvalue weighted by atomic mass is 9.80. The SMILES string of the molecule is Nc1ccc2c(c1)Oc1ccc(N)cc1C2c1ccccc1C(=O)O. The fourth-order valence-electron chi connectivity index (χ4n) is 3.33. The summed E-state index contributed by atoms with van der Waals surface area (Å²) >= 11 is 0. The van der Waals surface area contributed by atoms with Crippen LogP contribution in [0, 0.1) is 0 Å². The van der Waals surface area contributed by atoms with Crippen LogP contribution in [0.3, 0.4) is 0 Å². The average molecular weight is 332 g/mol. The minimum Gasteiger partial charge on any atom is -0.478 e. The minimum atomic E-state index is -0.968. The first-order valence-corrected chi connectivity index (χ1v) is 7.83. The molecule has 0 fully saturated rings. The van der Waals surface area contributed by atoms with Crippen molar-refractivity contribution < 1.29 is 14.6 Å². The zero-order valence-electron chi connectivity index (χ0n) is 13.3. The van der Waals surface area contributed by atoms with Crippen LogP contribution in [0.4, 0.5) is 11.4 Å². The highest BCUT2D eigenvalue weighted by atomic mass is 16.5. The smallest absolute Gasteiger partial charge is 0.335 e. The molecule has 0 aromatic heterocycles. The zero-order chi connectivity index (χ0) is 17.6. The summed E-state index contributed by atoms with van der Waals surface area (Å²) in [5, 5.41) is 9.62. The number of ether oxygens (including phenoxy) is 1. The molecule has 0 spiro atoms. The Labute approximate surface area is 144 Å². The van der Waals surface area contributed by atoms with Crippen LogP contribution in [0.1, 0.15) is 33.0 Å². The lowest BCUT2D eigenvalue weighted by molar-refractivity contribution is 0.0695. The van der Waals surface area contributed by atoms with Crippen molar-refractivity contribution in [2.75, 3.05) is 11.5 Å². The number of aromatic carboxylic acids is 1. The molecular formula is C20H16N2O3. The van der Waals surface area contributed by atoms with E-state index in [4.69, 9.17) is 16.2 Å². The predicted molar refractivity (Wildman–Crippen MR) is 96.1 cm³/mol. The van der Waals surface area contributed by atoms with E-state index in [9.17, 15) is 9.90 Å². The molecule has 5 N–H and O–H groups in total. The maximum atomic E-state index is 11.7. The van der Waals surface area contributed by atoms with Crippen LogP contribution < -0.4 is 16.2 Å². The van der Waals surface area contributed by atoms with Gasteiger partial charge >= 0.3 is 5.97 Å². The van der Waals surface area contributed by atoms with E-state index < -0.39 is 5.97 Å². The molecule has 1 aliphatic heterocycles. The third-order valence-electron chi connectivity index (χ3n) is 4.42. The van der Waals surface area contributed by atoms with Crippen LogP contribution in [-0.4, -0.2) is 11.1 Å². The quantitative estimate of drug-likeness (QED) is 0.484. The Morgan fingerprint density at radius 1 is 0.840 bits per heavy atom. The van der Waals surface area contributed by atoms with Gasteiger partial charge in [0.1, 0.15) is 11.5 Å². The molecule has 5 nitrogen and oxygen atoms in total. The van der Waals surface area contributed by atoms with Gasteiger partial charge in [-0.25, -0.2) is 4.79 Å². The lowest BCUT2D eigenvalue weighted by Gasteiger charge is -2.30. The number of hydrogen-bond donors (Lipinski definition) is 3. The van der Waals surface area contributed by atoms with Gasteiger partial charge in [-0.05, 0) is 35.9 Å². The molecule has 1 aliphatic rings. The van der Waals surface area contributed by atoms with E-state index in [0.717, 1.165) is 11.1 Å². The summed E-state index contributed by atoms with van der Waals surface area (Å²) in [5.41, 5.74) is 15.7. The number of carboxylic acids is 1. The first kappa shape index (κ1) is 15.1. The lowest BCUT2D eigenvalue weighted by Crippen LogP contribution is -2.15. The molecule has 0 amide bonds. The number of anilines is 2. The number of hydrogen-bond acceptors (Lipinski definition) is 4. The van der Waals surface area contributed by atoms with E-state index in [0.29, 0.717) is 28.4 Å². The van der Waals surface area contributed by atoms with Crippen LogP contribution >= 0.6 is 0 Å². The van der Waals surface area contributed by atoms with E-state index in [-0.39, 0.29) is 11.5 Å². The fourth-order valence-corrected chi connectivity index (χ4v) is 3.33. The van der Waals surface area contributed by atoms with Crippen molar-refractivity contribution in [3.05, 3.63) is 82.9 Å². The summed E-state index contributed by atoms with van der Waals surface area (Å²) < 4.78 is 5.98. The molecule has 124 valence electrons. The number of rotatable bonds is 2. The molecule has 0 aliphatic carbocycles. The van der Waals surface area contributed by atoms with Crippen molar-refractivity contribution in [3.63, 3.8) is 0 Å². The molecule has 5 heteroatoms. The molecule has 3 aromatic carbocycles. The topological polar surface area (TPSA) is 98.6 Å². The normalized spacial score (nSPS) is 15.0. The monoisotopic (exact) mass is 332 g/mol. The van der Waals surface area contributed by atoms with Gasteiger partial charge in [-0.3, -0.25) is 0 Å². The molecule has 0 bridgehead atoms. The van der Waals surface area contributed by atoms with Crippen LogP contribution in [-0.2, 0) is 0 Å². The van der Waals surface area contributed by atoms with Crippen molar-refractivity contribution in [2.45, 2.75) is 5.92 Å². The second-order valence-corrected chi connectivity index (χ2v) is 6.02. The number of carboxylic acid groups (broad SMARTS) is 1. The molecule has 4 rings (SSSR count). The van der Waals surface area contributed by atoms with Gasteiger partial charge in [0.25, 0.3) is 0 Å². The number of nitrogen functional groups attached to an aromatic ring is 2. The summed E-state index contributed by atoms with van der Waals surface area (Å²) in [5.74, 6) is 0.0136. The van der Waals surface area contributed by atoms with E-state index in [1.807, 2.05) is 24.3 Å². The Balaban J connectivity index is 2.02. The molecule has 0 radical (unpaired) electrons. The Hall–Kier alpha value is -3.47. The van der Waals surface area contributed by atoms with Crippen LogP contribution in [0.25, 0.3) is 0 Å². The number of nitrogens with two attached hydrogens (primary N) is 2. The largest absolute Gasteiger partial charge is 0.478 e. The number of carbonyl (C=O) groups is 1. The molecule has 3 aromatic rings. The highest BCUT2D eigenvalue weighted by Gasteiger charge is 2.31. The van der Waals surface area contributed by atoms with Crippen molar-refractivity contribution in [1.29, 1.82) is 0 Å². The Bertz CT molecular complexity index is 998. The van der Waals surface area contributed by atoms with Crippen molar-refractivity contribution in [3.8, 4) is 11.5 Å². The van der Waals surface area contributed by atoms with Gasteiger partial charge in [0.2, 0.25) is 0 Å². The predicted octanol–water partition coefficient (Wildman–Crippen LogP) is 3.84. The first-order valence-electron chi connectivity index (χ1n) is 7.83. The third-order valence-corrected chi connectivity index (χ3v) is 4.42. The van der Waals surface area contributed by atoms with Crippen LogP contribution in [0.15, 0.2) is 60.7 Å². The second-order valence-electron chi connectivity index (χ2n) is 6.02. The summed E-state index contributed by atoms with van der Waals surface area (Å²) in [6.07, 6.45) is 0. The van der Waals surface area contributed by atoms with Gasteiger partial charge in [0.15, 0.2) is 0 Å². The van der Waals surface area contributed by atoms with Gasteiger partial charge in [-0.1, -0.05) is 24.3 Å². The van der Waals surface area contributed by atoms with Crippen molar-refractivity contribution in [1.82, 2.24) is 0 Å². The summed E-state index contributed by atoms with van der Waals surface area (Å²) in [4.78, 5) is 11.7. The molecule has 1 atom stereocenters. The molecule has 1 unspecified atom stereocenters. The van der Waals surface area contributed by atoms with Gasteiger partial charge in [-0.15, -0.1) is 0 Å². The Kier molecular flexibility index (Phi) is 3.35. The number of fused-ring (bicyclic) bond motifs is 2. The van der Waals surface area contributed by atoms with Gasteiger partial charge < -0.3 is 21.3 Å². The second kappa shape index (κ2) is 5.56. The third kappa shape index (κ3) is 2.46. The zero-order valence-corrected chi connectivity index (χ0v) is 13.3. The highest BCUT2D eigenvalue weighted by molar-refractivity contribution is 5.90. The standard InChI is InChI=1S/C20H16N2O3/c21-11-6-8-17-16(9-11)19(13-3-1-2-4-14(13)20(23)24)15-7-5-12(22)10-18(15)25-17/h1-10,19H,21-22H2,(H,23,24). The van der Waals surface area contributed by atoms with E-state index in [2.05, 4.69) is 0 Å². The molecule has 0 saturated carbocycles. The van der Waals surface area contributed by atoms with Crippen molar-refractivity contribution >= 4 is 17.3 Å². The summed E-state index contributed by atoms with van der Waals surface area (Å²) in [6, 6.07) is 17.8. The van der Waals surface area contributed by atoms with Gasteiger partial charge in [-0.2, -0.15) is 0 Å². The van der Waals surface area contributed by atoms with Gasteiger partial charge in [0, 0.05) is 34.5 Å². The number of benzene rings is 3. The van der Waals surface area contributed by atoms with E-state index in [1.54, 1.807) is 36.4 Å². The first-order chi connectivity index (χ1) is 12.0. The molecule has 25 heavy (non-hydrogen) atoms. The van der Waals surface area contributed by atoms with E-state index >= 15 is 0 Å². The Morgan fingerprint density at radius 2 is 1.56 bits per heavy atom. The molecule has 0 saturated heterocycles. The van der Waals surface area contributed by atoms with Crippen molar-refractivity contribution in [2.24, 2.45) is 0 Å². The maximum Gasteiger partial charge on any atom is 0.335 e.